The molecule has 0 N–H and O–H groups in total. The lowest BCUT2D eigenvalue weighted by Gasteiger charge is -2.30. The van der Waals surface area contributed by atoms with Crippen LogP contribution in [0.5, 0.6) is 0 Å². The second kappa shape index (κ2) is 10.8. The quantitative estimate of drug-likeness (QED) is 0.428. The summed E-state index contributed by atoms with van der Waals surface area (Å²) in [5.74, 6) is 1.42. The van der Waals surface area contributed by atoms with Crippen LogP contribution >= 0.6 is 0 Å². The Bertz CT molecular complexity index is 1030. The van der Waals surface area contributed by atoms with Gasteiger partial charge in [-0.3, -0.25) is 9.69 Å². The lowest BCUT2D eigenvalue weighted by Crippen LogP contribution is -2.40. The number of aryl methyl sites for hydroxylation is 1. The molecule has 0 aliphatic carbocycles. The third-order valence-corrected chi connectivity index (χ3v) is 6.70. The molecule has 1 amide bonds. The summed E-state index contributed by atoms with van der Waals surface area (Å²) in [6.45, 7) is 11.0. The number of rotatable bonds is 8. The first-order valence-electron chi connectivity index (χ1n) is 12.2. The molecular formula is C30H36N2O. The van der Waals surface area contributed by atoms with Crippen molar-refractivity contribution in [3.63, 3.8) is 0 Å². The maximum absolute atomic E-state index is 13.6. The molecule has 1 fully saturated rings. The minimum absolute atomic E-state index is 0.162. The third kappa shape index (κ3) is 5.91. The van der Waals surface area contributed by atoms with Gasteiger partial charge in [0.15, 0.2) is 0 Å². The van der Waals surface area contributed by atoms with E-state index in [1.54, 1.807) is 0 Å². The molecule has 3 aromatic rings. The number of hydrogen-bond donors (Lipinski definition) is 0. The first kappa shape index (κ1) is 23.3. The van der Waals surface area contributed by atoms with Crippen molar-refractivity contribution in [2.24, 2.45) is 11.8 Å². The molecule has 0 aromatic heterocycles. The number of carbonyl (C=O) groups is 1. The van der Waals surface area contributed by atoms with E-state index in [-0.39, 0.29) is 5.91 Å². The van der Waals surface area contributed by atoms with E-state index in [4.69, 9.17) is 0 Å². The Morgan fingerprint density at radius 3 is 2.21 bits per heavy atom. The molecule has 3 nitrogen and oxygen atoms in total. The largest absolute Gasteiger partial charge is 0.338 e. The van der Waals surface area contributed by atoms with Crippen molar-refractivity contribution in [3.05, 3.63) is 107 Å². The molecule has 33 heavy (non-hydrogen) atoms. The van der Waals surface area contributed by atoms with E-state index in [9.17, 15) is 4.79 Å². The number of amides is 1. The summed E-state index contributed by atoms with van der Waals surface area (Å²) >= 11 is 0. The Morgan fingerprint density at radius 2 is 1.55 bits per heavy atom. The molecule has 1 aliphatic heterocycles. The van der Waals surface area contributed by atoms with Crippen molar-refractivity contribution in [3.8, 4) is 0 Å². The van der Waals surface area contributed by atoms with Gasteiger partial charge in [-0.2, -0.15) is 0 Å². The van der Waals surface area contributed by atoms with Crippen LogP contribution in [0, 0.1) is 18.8 Å². The highest BCUT2D eigenvalue weighted by Gasteiger charge is 2.36. The summed E-state index contributed by atoms with van der Waals surface area (Å²) in [5, 5.41) is 0. The Hall–Kier alpha value is -2.91. The fourth-order valence-electron chi connectivity index (χ4n) is 5.14. The van der Waals surface area contributed by atoms with Gasteiger partial charge in [0.1, 0.15) is 0 Å². The maximum Gasteiger partial charge on any atom is 0.254 e. The summed E-state index contributed by atoms with van der Waals surface area (Å²) in [7, 11) is 0. The minimum Gasteiger partial charge on any atom is -0.338 e. The smallest absolute Gasteiger partial charge is 0.254 e. The van der Waals surface area contributed by atoms with Crippen molar-refractivity contribution in [1.82, 2.24) is 9.80 Å². The van der Waals surface area contributed by atoms with Crippen LogP contribution < -0.4 is 0 Å². The van der Waals surface area contributed by atoms with Gasteiger partial charge in [-0.25, -0.2) is 0 Å². The molecule has 1 heterocycles. The Labute approximate surface area is 199 Å². The van der Waals surface area contributed by atoms with Crippen LogP contribution in [0.15, 0.2) is 84.9 Å². The van der Waals surface area contributed by atoms with Gasteiger partial charge in [0.05, 0.1) is 0 Å². The maximum atomic E-state index is 13.6. The van der Waals surface area contributed by atoms with Crippen LogP contribution in [0.4, 0.5) is 0 Å². The molecular weight excluding hydrogens is 404 g/mol. The number of likely N-dealkylation sites (tertiary alicyclic amines) is 1. The number of carbonyl (C=O) groups excluding carboxylic acids is 1. The summed E-state index contributed by atoms with van der Waals surface area (Å²) in [6, 6.07) is 29.5. The number of benzene rings is 3. The first-order chi connectivity index (χ1) is 16.0. The van der Waals surface area contributed by atoms with Crippen molar-refractivity contribution in [2.45, 2.75) is 33.2 Å². The second-order valence-electron chi connectivity index (χ2n) is 9.88. The molecule has 2 atom stereocenters. The van der Waals surface area contributed by atoms with E-state index in [0.717, 1.165) is 43.9 Å². The van der Waals surface area contributed by atoms with Crippen LogP contribution in [-0.2, 0) is 6.54 Å². The van der Waals surface area contributed by atoms with E-state index in [0.29, 0.717) is 17.8 Å². The van der Waals surface area contributed by atoms with Gasteiger partial charge in [-0.15, -0.1) is 0 Å². The number of hydrogen-bond acceptors (Lipinski definition) is 2. The standard InChI is InChI=1S/C30H36N2O/c1-23(2)18-32(30(33)28-17-11-10-12-24(28)3)21-27-20-31(19-25-13-6-4-7-14-25)22-29(27)26-15-8-5-9-16-26/h4-17,23,27,29H,18-22H2,1-3H3. The molecule has 1 saturated heterocycles. The highest BCUT2D eigenvalue weighted by atomic mass is 16.2. The van der Waals surface area contributed by atoms with Crippen molar-refractivity contribution < 1.29 is 4.79 Å². The van der Waals surface area contributed by atoms with Crippen molar-refractivity contribution >= 4 is 5.91 Å². The van der Waals surface area contributed by atoms with Gasteiger partial charge < -0.3 is 4.90 Å². The van der Waals surface area contributed by atoms with Crippen LogP contribution in [0.25, 0.3) is 0 Å². The normalized spacial score (nSPS) is 18.5. The third-order valence-electron chi connectivity index (χ3n) is 6.70. The Kier molecular flexibility index (Phi) is 7.61. The van der Waals surface area contributed by atoms with Crippen LogP contribution in [0.3, 0.4) is 0 Å². The van der Waals surface area contributed by atoms with Gasteiger partial charge in [0.2, 0.25) is 0 Å². The Balaban J connectivity index is 1.58. The minimum atomic E-state index is 0.162. The molecule has 172 valence electrons. The van der Waals surface area contributed by atoms with Crippen molar-refractivity contribution in [2.75, 3.05) is 26.2 Å². The van der Waals surface area contributed by atoms with E-state index < -0.39 is 0 Å². The summed E-state index contributed by atoms with van der Waals surface area (Å²) in [4.78, 5) is 18.3. The topological polar surface area (TPSA) is 23.6 Å². The molecule has 0 radical (unpaired) electrons. The zero-order valence-electron chi connectivity index (χ0n) is 20.2. The zero-order valence-corrected chi connectivity index (χ0v) is 20.2. The highest BCUT2D eigenvalue weighted by Crippen LogP contribution is 2.34. The predicted octanol–water partition coefficient (Wildman–Crippen LogP) is 6.01. The van der Waals surface area contributed by atoms with Gasteiger partial charge in [-0.1, -0.05) is 92.7 Å². The Morgan fingerprint density at radius 1 is 0.909 bits per heavy atom. The highest BCUT2D eigenvalue weighted by molar-refractivity contribution is 5.95. The lowest BCUT2D eigenvalue weighted by atomic mass is 9.88. The predicted molar refractivity (Wildman–Crippen MR) is 136 cm³/mol. The van der Waals surface area contributed by atoms with Gasteiger partial charge in [0, 0.05) is 44.2 Å². The van der Waals surface area contributed by atoms with Gasteiger partial charge in [0.25, 0.3) is 5.91 Å². The molecule has 4 rings (SSSR count). The van der Waals surface area contributed by atoms with Gasteiger partial charge in [-0.05, 0) is 41.5 Å². The average Bonchev–Trinajstić information content (AvgIpc) is 3.21. The van der Waals surface area contributed by atoms with E-state index in [2.05, 4.69) is 84.3 Å². The monoisotopic (exact) mass is 440 g/mol. The first-order valence-corrected chi connectivity index (χ1v) is 12.2. The molecule has 3 aromatic carbocycles. The van der Waals surface area contributed by atoms with Gasteiger partial charge >= 0.3 is 0 Å². The molecule has 1 aliphatic rings. The molecule has 2 unspecified atom stereocenters. The van der Waals surface area contributed by atoms with E-state index >= 15 is 0 Å². The summed E-state index contributed by atoms with van der Waals surface area (Å²) in [5.41, 5.74) is 4.60. The van der Waals surface area contributed by atoms with Crippen LogP contribution in [-0.4, -0.2) is 41.9 Å². The second-order valence-corrected chi connectivity index (χ2v) is 9.88. The average molecular weight is 441 g/mol. The van der Waals surface area contributed by atoms with Crippen LogP contribution in [0.2, 0.25) is 0 Å². The fraction of sp³-hybridized carbons (Fsp3) is 0.367. The number of nitrogens with zero attached hydrogens (tertiary/aromatic N) is 2. The SMILES string of the molecule is Cc1ccccc1C(=O)N(CC(C)C)CC1CN(Cc2ccccc2)CC1c1ccccc1. The van der Waals surface area contributed by atoms with Crippen molar-refractivity contribution in [1.29, 1.82) is 0 Å². The van der Waals surface area contributed by atoms with E-state index in [1.807, 2.05) is 31.2 Å². The molecule has 0 bridgehead atoms. The van der Waals surface area contributed by atoms with Crippen LogP contribution in [0.1, 0.15) is 46.8 Å². The fourth-order valence-corrected chi connectivity index (χ4v) is 5.14. The molecule has 0 spiro atoms. The molecule has 0 saturated carbocycles. The summed E-state index contributed by atoms with van der Waals surface area (Å²) < 4.78 is 0. The van der Waals surface area contributed by atoms with E-state index in [1.165, 1.54) is 11.1 Å². The zero-order chi connectivity index (χ0) is 23.2. The lowest BCUT2D eigenvalue weighted by molar-refractivity contribution is 0.0702. The molecule has 3 heteroatoms. The summed E-state index contributed by atoms with van der Waals surface area (Å²) in [6.07, 6.45) is 0.